The summed E-state index contributed by atoms with van der Waals surface area (Å²) in [6.07, 6.45) is 1.67. The molecule has 0 aliphatic heterocycles. The molecule has 0 unspecified atom stereocenters. The summed E-state index contributed by atoms with van der Waals surface area (Å²) in [5, 5.41) is 11.5. The largest absolute Gasteiger partial charge is 0.496 e. The number of amides is 2. The number of halogens is 2. The van der Waals surface area contributed by atoms with Gasteiger partial charge in [-0.25, -0.2) is 9.18 Å². The highest BCUT2D eigenvalue weighted by Gasteiger charge is 2.19. The molecule has 0 atom stereocenters. The van der Waals surface area contributed by atoms with Gasteiger partial charge in [-0.2, -0.15) is 5.10 Å². The molecule has 2 amide bonds. The lowest BCUT2D eigenvalue weighted by molar-refractivity contribution is 0.262. The fraction of sp³-hybridized carbons (Fsp3) is 0.238. The van der Waals surface area contributed by atoms with Crippen LogP contribution in [0.25, 0.3) is 5.70 Å². The Morgan fingerprint density at radius 1 is 1.17 bits per heavy atom. The zero-order chi connectivity index (χ0) is 21.4. The van der Waals surface area contributed by atoms with Gasteiger partial charge < -0.3 is 15.4 Å². The molecular weight excluding hydrogens is 395 g/mol. The lowest BCUT2D eigenvalue weighted by atomic mass is 10.1. The van der Waals surface area contributed by atoms with E-state index in [-0.39, 0.29) is 11.9 Å². The van der Waals surface area contributed by atoms with Crippen LogP contribution in [-0.2, 0) is 0 Å². The van der Waals surface area contributed by atoms with Crippen molar-refractivity contribution in [2.24, 2.45) is 5.10 Å². The number of benzene rings is 2. The Morgan fingerprint density at radius 3 is 2.34 bits per heavy atom. The van der Waals surface area contributed by atoms with Gasteiger partial charge in [0.05, 0.1) is 12.8 Å². The maximum absolute atomic E-state index is 13.0. The van der Waals surface area contributed by atoms with Crippen LogP contribution >= 0.6 is 11.6 Å². The number of methoxy groups -OCH3 is 1. The van der Waals surface area contributed by atoms with E-state index >= 15 is 0 Å². The summed E-state index contributed by atoms with van der Waals surface area (Å²) < 4.78 is 18.5. The molecule has 2 aromatic rings. The van der Waals surface area contributed by atoms with Crippen LogP contribution in [0.1, 0.15) is 26.3 Å². The Labute approximate surface area is 175 Å². The maximum Gasteiger partial charge on any atom is 0.323 e. The number of hydrogen-bond donors (Lipinski definition) is 2. The Bertz CT molecular complexity index is 898. The summed E-state index contributed by atoms with van der Waals surface area (Å²) >= 11 is 6.12. The minimum atomic E-state index is -0.462. The number of hydrazone groups is 1. The second-order valence-electron chi connectivity index (χ2n) is 6.31. The number of anilines is 2. The Morgan fingerprint density at radius 2 is 1.79 bits per heavy atom. The van der Waals surface area contributed by atoms with E-state index in [0.29, 0.717) is 28.4 Å². The summed E-state index contributed by atoms with van der Waals surface area (Å²) in [6, 6.07) is 10.3. The van der Waals surface area contributed by atoms with Gasteiger partial charge in [0.15, 0.2) is 0 Å². The van der Waals surface area contributed by atoms with Crippen molar-refractivity contribution in [1.29, 1.82) is 0 Å². The van der Waals surface area contributed by atoms with Crippen LogP contribution in [0.5, 0.6) is 5.75 Å². The van der Waals surface area contributed by atoms with Crippen molar-refractivity contribution in [3.8, 4) is 5.75 Å². The van der Waals surface area contributed by atoms with Crippen molar-refractivity contribution < 1.29 is 13.9 Å². The molecule has 0 radical (unpaired) electrons. The number of urea groups is 1. The van der Waals surface area contributed by atoms with E-state index in [1.54, 1.807) is 36.5 Å². The lowest BCUT2D eigenvalue weighted by Gasteiger charge is -2.27. The summed E-state index contributed by atoms with van der Waals surface area (Å²) in [7, 11) is 1.56. The van der Waals surface area contributed by atoms with Crippen molar-refractivity contribution in [2.75, 3.05) is 17.7 Å². The molecule has 0 saturated carbocycles. The normalized spacial score (nSPS) is 11.6. The molecule has 2 aromatic carbocycles. The first-order valence-electron chi connectivity index (χ1n) is 8.99. The number of rotatable bonds is 7. The molecule has 0 aliphatic carbocycles. The van der Waals surface area contributed by atoms with Gasteiger partial charge >= 0.3 is 6.03 Å². The second kappa shape index (κ2) is 10.5. The Hall–Kier alpha value is -3.06. The fourth-order valence-electron chi connectivity index (χ4n) is 2.64. The molecule has 0 bridgehead atoms. The van der Waals surface area contributed by atoms with Crippen LogP contribution in [0.15, 0.2) is 53.1 Å². The van der Waals surface area contributed by atoms with Gasteiger partial charge in [-0.1, -0.05) is 11.6 Å². The monoisotopic (exact) mass is 418 g/mol. The second-order valence-corrected chi connectivity index (χ2v) is 6.53. The highest BCUT2D eigenvalue weighted by molar-refractivity contribution is 6.28. The van der Waals surface area contributed by atoms with Crippen molar-refractivity contribution in [1.82, 2.24) is 5.01 Å². The number of ether oxygens (including phenoxy) is 1. The first kappa shape index (κ1) is 22.2. The lowest BCUT2D eigenvalue weighted by Crippen LogP contribution is -2.24. The minimum Gasteiger partial charge on any atom is -0.496 e. The molecule has 8 heteroatoms. The maximum atomic E-state index is 13.0. The predicted octanol–water partition coefficient (Wildman–Crippen LogP) is 5.73. The quantitative estimate of drug-likeness (QED) is 0.445. The molecule has 0 aliphatic rings. The number of carbonyl (C=O) groups excluding carboxylic acids is 1. The summed E-state index contributed by atoms with van der Waals surface area (Å²) in [5.41, 5.74) is 3.72. The molecule has 154 valence electrons. The van der Waals surface area contributed by atoms with E-state index < -0.39 is 6.03 Å². The highest BCUT2D eigenvalue weighted by Crippen LogP contribution is 2.33. The van der Waals surface area contributed by atoms with E-state index in [0.717, 1.165) is 0 Å². The number of hydrogen-bond acceptors (Lipinski definition) is 4. The van der Waals surface area contributed by atoms with Gasteiger partial charge in [-0.3, -0.25) is 5.01 Å². The minimum absolute atomic E-state index is 0.0410. The van der Waals surface area contributed by atoms with Crippen LogP contribution in [0.4, 0.5) is 20.6 Å². The molecule has 29 heavy (non-hydrogen) atoms. The molecule has 2 rings (SSSR count). The number of nitrogens with one attached hydrogen (secondary N) is 2. The number of nitrogens with zero attached hydrogens (tertiary/aromatic N) is 2. The van der Waals surface area contributed by atoms with E-state index in [2.05, 4.69) is 15.7 Å². The van der Waals surface area contributed by atoms with Gasteiger partial charge in [0.25, 0.3) is 0 Å². The van der Waals surface area contributed by atoms with E-state index in [1.807, 2.05) is 20.8 Å². The summed E-state index contributed by atoms with van der Waals surface area (Å²) in [4.78, 5) is 12.3. The first-order chi connectivity index (χ1) is 13.9. The van der Waals surface area contributed by atoms with Crippen LogP contribution in [0.2, 0.25) is 0 Å². The predicted molar refractivity (Wildman–Crippen MR) is 117 cm³/mol. The van der Waals surface area contributed by atoms with Gasteiger partial charge in [0.1, 0.15) is 11.6 Å². The topological polar surface area (TPSA) is 66.0 Å². The molecule has 6 nitrogen and oxygen atoms in total. The third kappa shape index (κ3) is 5.96. The van der Waals surface area contributed by atoms with Crippen molar-refractivity contribution in [2.45, 2.75) is 26.8 Å². The van der Waals surface area contributed by atoms with Gasteiger partial charge in [-0.15, -0.1) is 0 Å². The molecule has 0 heterocycles. The van der Waals surface area contributed by atoms with E-state index in [1.165, 1.54) is 29.8 Å². The third-order valence-corrected chi connectivity index (χ3v) is 4.12. The molecule has 0 fully saturated rings. The molecule has 0 spiro atoms. The molecular formula is C21H24ClFN4O2. The summed E-state index contributed by atoms with van der Waals surface area (Å²) in [6.45, 7) is 5.78. The molecule has 0 aromatic heterocycles. The first-order valence-corrected chi connectivity index (χ1v) is 9.43. The van der Waals surface area contributed by atoms with E-state index in [4.69, 9.17) is 16.3 Å². The molecule has 2 N–H and O–H groups in total. The van der Waals surface area contributed by atoms with Gasteiger partial charge in [-0.05, 0) is 63.2 Å². The van der Waals surface area contributed by atoms with Crippen molar-refractivity contribution >= 4 is 40.9 Å². The standard InChI is InChI=1S/C21H24ClFN4O2/c1-5-24-27(14(2)3)19(13-22)18-12-17(10-11-20(18)29-4)26-21(28)25-16-8-6-15(23)7-9-16/h5-14H,1-4H3,(H2,25,26,28)/b19-13+,24-5-. The van der Waals surface area contributed by atoms with Crippen molar-refractivity contribution in [3.05, 3.63) is 59.4 Å². The van der Waals surface area contributed by atoms with Crippen LogP contribution in [-0.4, -0.2) is 30.4 Å². The van der Waals surface area contributed by atoms with Crippen LogP contribution in [0, 0.1) is 5.82 Å². The smallest absolute Gasteiger partial charge is 0.323 e. The summed E-state index contributed by atoms with van der Waals surface area (Å²) in [5.74, 6) is 0.207. The SMILES string of the molecule is C/C=N\N(/C(=C/Cl)c1cc(NC(=O)Nc2ccc(F)cc2)ccc1OC)C(C)C. The Kier molecular flexibility index (Phi) is 8.03. The van der Waals surface area contributed by atoms with Crippen LogP contribution < -0.4 is 15.4 Å². The zero-order valence-corrected chi connectivity index (χ0v) is 17.5. The Balaban J connectivity index is 2.29. The third-order valence-electron chi connectivity index (χ3n) is 3.91. The average molecular weight is 419 g/mol. The zero-order valence-electron chi connectivity index (χ0n) is 16.7. The fourth-order valence-corrected chi connectivity index (χ4v) is 2.86. The molecule has 0 saturated heterocycles. The van der Waals surface area contributed by atoms with Gasteiger partial charge in [0, 0.05) is 34.7 Å². The van der Waals surface area contributed by atoms with Crippen LogP contribution in [0.3, 0.4) is 0 Å². The van der Waals surface area contributed by atoms with Gasteiger partial charge in [0.2, 0.25) is 0 Å². The highest BCUT2D eigenvalue weighted by atomic mass is 35.5. The average Bonchev–Trinajstić information content (AvgIpc) is 2.69. The van der Waals surface area contributed by atoms with E-state index in [9.17, 15) is 9.18 Å². The van der Waals surface area contributed by atoms with Crippen molar-refractivity contribution in [3.63, 3.8) is 0 Å². The number of carbonyl (C=O) groups is 1.